The maximum absolute atomic E-state index is 13.2. The Kier molecular flexibility index (Phi) is 7.89. The first-order chi connectivity index (χ1) is 18.0. The SMILES string of the molecule is CCOc1ccc(NC(=O)c2cc3ccccc3c(N=Nc3cc(S(=O)(=O)O)c(Cl)cc3C)c2O)c(Cl)c1. The number of carbonyl (C=O) groups is 1. The molecule has 0 fully saturated rings. The minimum absolute atomic E-state index is 0.0196. The van der Waals surface area contributed by atoms with Crippen molar-refractivity contribution in [1.29, 1.82) is 0 Å². The van der Waals surface area contributed by atoms with Crippen LogP contribution in [0.5, 0.6) is 11.5 Å². The van der Waals surface area contributed by atoms with E-state index in [1.807, 2.05) is 6.92 Å². The van der Waals surface area contributed by atoms with Gasteiger partial charge in [0.1, 0.15) is 16.3 Å². The Morgan fingerprint density at radius 3 is 2.45 bits per heavy atom. The topological polar surface area (TPSA) is 138 Å². The summed E-state index contributed by atoms with van der Waals surface area (Å²) in [6.07, 6.45) is 0. The molecular formula is C26H21Cl2N3O6S. The van der Waals surface area contributed by atoms with Crippen molar-refractivity contribution in [3.05, 3.63) is 81.8 Å². The zero-order chi connectivity index (χ0) is 27.6. The van der Waals surface area contributed by atoms with E-state index in [4.69, 9.17) is 27.9 Å². The minimum Gasteiger partial charge on any atom is -0.505 e. The second kappa shape index (κ2) is 11.0. The molecule has 0 aliphatic heterocycles. The van der Waals surface area contributed by atoms with Gasteiger partial charge in [-0.1, -0.05) is 47.5 Å². The van der Waals surface area contributed by atoms with E-state index >= 15 is 0 Å². The van der Waals surface area contributed by atoms with Crippen molar-refractivity contribution in [2.45, 2.75) is 18.7 Å². The van der Waals surface area contributed by atoms with Gasteiger partial charge in [-0.25, -0.2) is 0 Å². The highest BCUT2D eigenvalue weighted by atomic mass is 35.5. The molecule has 4 aromatic rings. The number of rotatable bonds is 7. The summed E-state index contributed by atoms with van der Waals surface area (Å²) in [4.78, 5) is 12.6. The number of benzene rings is 4. The van der Waals surface area contributed by atoms with E-state index in [0.717, 1.165) is 6.07 Å². The first kappa shape index (κ1) is 27.3. The zero-order valence-corrected chi connectivity index (χ0v) is 22.4. The largest absolute Gasteiger partial charge is 0.505 e. The monoisotopic (exact) mass is 573 g/mol. The maximum Gasteiger partial charge on any atom is 0.296 e. The predicted octanol–water partition coefficient (Wildman–Crippen LogP) is 7.47. The smallest absolute Gasteiger partial charge is 0.296 e. The van der Waals surface area contributed by atoms with Gasteiger partial charge in [0.25, 0.3) is 16.0 Å². The molecule has 0 atom stereocenters. The van der Waals surface area contributed by atoms with Gasteiger partial charge in [-0.15, -0.1) is 5.11 Å². The second-order valence-electron chi connectivity index (χ2n) is 8.12. The molecule has 4 rings (SSSR count). The molecule has 0 heterocycles. The fourth-order valence-corrected chi connectivity index (χ4v) is 4.98. The molecule has 0 aliphatic carbocycles. The lowest BCUT2D eigenvalue weighted by Gasteiger charge is -2.13. The van der Waals surface area contributed by atoms with Crippen molar-refractivity contribution in [2.24, 2.45) is 10.2 Å². The van der Waals surface area contributed by atoms with Gasteiger partial charge in [0, 0.05) is 11.5 Å². The Morgan fingerprint density at radius 2 is 1.76 bits per heavy atom. The lowest BCUT2D eigenvalue weighted by molar-refractivity contribution is 0.102. The molecular weight excluding hydrogens is 553 g/mol. The fourth-order valence-electron chi connectivity index (χ4n) is 3.69. The molecule has 38 heavy (non-hydrogen) atoms. The number of aromatic hydroxyl groups is 1. The molecule has 0 aliphatic rings. The molecule has 12 heteroatoms. The van der Waals surface area contributed by atoms with Crippen molar-refractivity contribution in [2.75, 3.05) is 11.9 Å². The molecule has 0 saturated heterocycles. The highest BCUT2D eigenvalue weighted by Gasteiger charge is 2.20. The van der Waals surface area contributed by atoms with E-state index in [0.29, 0.717) is 34.4 Å². The van der Waals surface area contributed by atoms with Crippen LogP contribution in [0.3, 0.4) is 0 Å². The van der Waals surface area contributed by atoms with Crippen LogP contribution >= 0.6 is 23.2 Å². The first-order valence-electron chi connectivity index (χ1n) is 11.2. The summed E-state index contributed by atoms with van der Waals surface area (Å²) < 4.78 is 38.2. The lowest BCUT2D eigenvalue weighted by atomic mass is 10.0. The van der Waals surface area contributed by atoms with Gasteiger partial charge in [-0.2, -0.15) is 13.5 Å². The number of azo groups is 1. The number of ether oxygens (including phenoxy) is 1. The number of phenolic OH excluding ortho intramolecular Hbond substituents is 1. The highest BCUT2D eigenvalue weighted by molar-refractivity contribution is 7.86. The van der Waals surface area contributed by atoms with Crippen molar-refractivity contribution in [3.8, 4) is 11.5 Å². The van der Waals surface area contributed by atoms with E-state index < -0.39 is 26.7 Å². The number of nitrogens with zero attached hydrogens (tertiary/aromatic N) is 2. The Labute approximate surface area is 228 Å². The molecule has 0 bridgehead atoms. The number of halogens is 2. The number of phenols is 1. The van der Waals surface area contributed by atoms with Crippen molar-refractivity contribution >= 4 is 67.1 Å². The third kappa shape index (κ3) is 5.73. The maximum atomic E-state index is 13.2. The molecule has 0 unspecified atom stereocenters. The van der Waals surface area contributed by atoms with Crippen molar-refractivity contribution in [3.63, 3.8) is 0 Å². The summed E-state index contributed by atoms with van der Waals surface area (Å²) in [5.74, 6) is -0.554. The summed E-state index contributed by atoms with van der Waals surface area (Å²) in [5, 5.41) is 23.1. The van der Waals surface area contributed by atoms with Gasteiger partial charge in [-0.05, 0) is 55.1 Å². The number of anilines is 1. The van der Waals surface area contributed by atoms with Crippen molar-refractivity contribution < 1.29 is 27.6 Å². The van der Waals surface area contributed by atoms with Crippen LogP contribution in [0.4, 0.5) is 17.1 Å². The third-order valence-corrected chi connectivity index (χ3v) is 7.16. The van der Waals surface area contributed by atoms with Gasteiger partial charge in [0.2, 0.25) is 0 Å². The molecule has 0 aromatic heterocycles. The lowest BCUT2D eigenvalue weighted by Crippen LogP contribution is -2.12. The van der Waals surface area contributed by atoms with Crippen LogP contribution in [0.2, 0.25) is 10.0 Å². The quantitative estimate of drug-likeness (QED) is 0.155. The number of amides is 1. The van der Waals surface area contributed by atoms with Gasteiger partial charge in [0.15, 0.2) is 5.75 Å². The van der Waals surface area contributed by atoms with Crippen LogP contribution in [0, 0.1) is 6.92 Å². The second-order valence-corrected chi connectivity index (χ2v) is 10.3. The normalized spacial score (nSPS) is 11.7. The Hall–Kier alpha value is -3.70. The standard InChI is InChI=1S/C26H21Cl2N3O6S/c1-3-37-16-8-9-21(19(27)12-16)29-26(33)18-11-15-6-4-5-7-17(15)24(25(18)32)31-30-22-13-23(38(34,35)36)20(28)10-14(22)2/h4-13,32H,3H2,1-2H3,(H,29,33)(H,34,35,36). The van der Waals surface area contributed by atoms with Gasteiger partial charge >= 0.3 is 0 Å². The van der Waals surface area contributed by atoms with E-state index in [9.17, 15) is 22.9 Å². The highest BCUT2D eigenvalue weighted by Crippen LogP contribution is 2.41. The summed E-state index contributed by atoms with van der Waals surface area (Å²) in [6.45, 7) is 3.91. The van der Waals surface area contributed by atoms with Crippen LogP contribution in [0.1, 0.15) is 22.8 Å². The average molecular weight is 574 g/mol. The zero-order valence-electron chi connectivity index (χ0n) is 20.1. The molecule has 196 valence electrons. The first-order valence-corrected chi connectivity index (χ1v) is 13.4. The molecule has 0 radical (unpaired) electrons. The molecule has 0 spiro atoms. The van der Waals surface area contributed by atoms with Crippen LogP contribution in [0.15, 0.2) is 75.8 Å². The summed E-state index contributed by atoms with van der Waals surface area (Å²) in [6, 6.07) is 15.6. The Balaban J connectivity index is 1.77. The number of fused-ring (bicyclic) bond motifs is 1. The van der Waals surface area contributed by atoms with E-state index in [-0.39, 0.29) is 27.0 Å². The summed E-state index contributed by atoms with van der Waals surface area (Å²) in [5.41, 5.74) is 0.753. The summed E-state index contributed by atoms with van der Waals surface area (Å²) in [7, 11) is -4.61. The third-order valence-electron chi connectivity index (χ3n) is 5.53. The van der Waals surface area contributed by atoms with Crippen molar-refractivity contribution in [1.82, 2.24) is 0 Å². The van der Waals surface area contributed by atoms with E-state index in [1.54, 1.807) is 49.4 Å². The average Bonchev–Trinajstić information content (AvgIpc) is 2.85. The summed E-state index contributed by atoms with van der Waals surface area (Å²) >= 11 is 12.2. The van der Waals surface area contributed by atoms with Crippen LogP contribution in [-0.2, 0) is 10.1 Å². The number of nitrogens with one attached hydrogen (secondary N) is 1. The number of carbonyl (C=O) groups excluding carboxylic acids is 1. The predicted molar refractivity (Wildman–Crippen MR) is 146 cm³/mol. The van der Waals surface area contributed by atoms with Gasteiger partial charge < -0.3 is 15.2 Å². The molecule has 9 nitrogen and oxygen atoms in total. The number of hydrogen-bond acceptors (Lipinski definition) is 7. The number of aryl methyl sites for hydroxylation is 1. The van der Waals surface area contributed by atoms with Crippen LogP contribution in [-0.4, -0.2) is 30.6 Å². The fraction of sp³-hybridized carbons (Fsp3) is 0.115. The molecule has 3 N–H and O–H groups in total. The minimum atomic E-state index is -4.61. The van der Waals surface area contributed by atoms with E-state index in [2.05, 4.69) is 15.5 Å². The molecule has 4 aromatic carbocycles. The number of hydrogen-bond donors (Lipinski definition) is 3. The van der Waals surface area contributed by atoms with E-state index in [1.165, 1.54) is 12.1 Å². The van der Waals surface area contributed by atoms with Crippen LogP contribution < -0.4 is 10.1 Å². The Bertz CT molecular complexity index is 1710. The Morgan fingerprint density at radius 1 is 1.03 bits per heavy atom. The molecule has 1 amide bonds. The van der Waals surface area contributed by atoms with Gasteiger partial charge in [0.05, 0.1) is 33.6 Å². The molecule has 0 saturated carbocycles. The van der Waals surface area contributed by atoms with Gasteiger partial charge in [-0.3, -0.25) is 9.35 Å². The van der Waals surface area contributed by atoms with Crippen LogP contribution in [0.25, 0.3) is 10.8 Å².